The first-order valence-corrected chi connectivity index (χ1v) is 10.6. The molecule has 6 nitrogen and oxygen atoms in total. The van der Waals surface area contributed by atoms with E-state index in [4.69, 9.17) is 0 Å². The van der Waals surface area contributed by atoms with Crippen LogP contribution in [0.5, 0.6) is 0 Å². The zero-order valence-corrected chi connectivity index (χ0v) is 16.3. The van der Waals surface area contributed by atoms with Crippen molar-refractivity contribution < 1.29 is 4.79 Å². The monoisotopic (exact) mass is 380 g/mol. The van der Waals surface area contributed by atoms with Gasteiger partial charge in [-0.2, -0.15) is 5.10 Å². The number of carbonyl (C=O) groups excluding carboxylic acids is 1. The van der Waals surface area contributed by atoms with Gasteiger partial charge in [0.1, 0.15) is 6.54 Å². The second-order valence-electron chi connectivity index (χ2n) is 8.84. The van der Waals surface area contributed by atoms with Crippen LogP contribution in [0.15, 0.2) is 35.3 Å². The van der Waals surface area contributed by atoms with Crippen molar-refractivity contribution in [1.29, 1.82) is 0 Å². The lowest BCUT2D eigenvalue weighted by atomic mass is 9.83. The number of hydrogen-bond donors (Lipinski definition) is 0. The number of aromatic nitrogens is 2. The quantitative estimate of drug-likeness (QED) is 0.815. The Morgan fingerprint density at radius 1 is 1.07 bits per heavy atom. The lowest BCUT2D eigenvalue weighted by molar-refractivity contribution is -0.132. The van der Waals surface area contributed by atoms with Gasteiger partial charge in [-0.25, -0.2) is 4.68 Å². The van der Waals surface area contributed by atoms with Crippen LogP contribution in [0.1, 0.15) is 32.1 Å². The van der Waals surface area contributed by atoms with Crippen LogP contribution in [-0.2, 0) is 11.3 Å². The molecular weight excluding hydrogens is 352 g/mol. The maximum atomic E-state index is 13.0. The second kappa shape index (κ2) is 7.32. The van der Waals surface area contributed by atoms with Crippen molar-refractivity contribution in [3.8, 4) is 0 Å². The van der Waals surface area contributed by atoms with Crippen LogP contribution in [0.4, 0.5) is 0 Å². The first-order valence-electron chi connectivity index (χ1n) is 10.6. The molecule has 2 atom stereocenters. The highest BCUT2D eigenvalue weighted by molar-refractivity contribution is 5.81. The number of hydrogen-bond acceptors (Lipinski definition) is 4. The molecule has 1 aromatic heterocycles. The molecule has 4 heterocycles. The largest absolute Gasteiger partial charge is 0.339 e. The van der Waals surface area contributed by atoms with E-state index in [1.54, 1.807) is 12.3 Å². The summed E-state index contributed by atoms with van der Waals surface area (Å²) in [7, 11) is 0. The van der Waals surface area contributed by atoms with Gasteiger partial charge in [-0.1, -0.05) is 24.6 Å². The van der Waals surface area contributed by atoms with Crippen LogP contribution < -0.4 is 5.56 Å². The highest BCUT2D eigenvalue weighted by atomic mass is 16.2. The van der Waals surface area contributed by atoms with E-state index in [-0.39, 0.29) is 18.0 Å². The SMILES string of the molecule is O=C(Cn1ncc2ccccc2c1=O)N1C[C@@H]2CC[C@H](C1)N(CC1CCC1)C2. The third-order valence-electron chi connectivity index (χ3n) is 6.94. The lowest BCUT2D eigenvalue weighted by Crippen LogP contribution is -2.47. The predicted molar refractivity (Wildman–Crippen MR) is 108 cm³/mol. The van der Waals surface area contributed by atoms with Gasteiger partial charge < -0.3 is 4.90 Å². The Labute approximate surface area is 165 Å². The van der Waals surface area contributed by atoms with Gasteiger partial charge in [0, 0.05) is 37.6 Å². The molecule has 1 aromatic carbocycles. The van der Waals surface area contributed by atoms with Gasteiger partial charge in [-0.15, -0.1) is 0 Å². The van der Waals surface area contributed by atoms with Gasteiger partial charge in [-0.3, -0.25) is 14.5 Å². The second-order valence-corrected chi connectivity index (χ2v) is 8.84. The number of benzene rings is 1. The van der Waals surface area contributed by atoms with E-state index in [9.17, 15) is 9.59 Å². The van der Waals surface area contributed by atoms with Crippen molar-refractivity contribution in [2.75, 3.05) is 26.2 Å². The van der Waals surface area contributed by atoms with E-state index in [1.807, 2.05) is 23.1 Å². The van der Waals surface area contributed by atoms with E-state index < -0.39 is 0 Å². The molecule has 0 N–H and O–H groups in total. The molecule has 3 saturated heterocycles. The summed E-state index contributed by atoms with van der Waals surface area (Å²) in [4.78, 5) is 30.4. The smallest absolute Gasteiger partial charge is 0.275 e. The van der Waals surface area contributed by atoms with Crippen molar-refractivity contribution in [2.24, 2.45) is 11.8 Å². The number of piperidine rings is 1. The zero-order valence-electron chi connectivity index (χ0n) is 16.3. The Hall–Kier alpha value is -2.21. The average molecular weight is 380 g/mol. The average Bonchev–Trinajstić information content (AvgIpc) is 2.99. The number of carbonyl (C=O) groups is 1. The molecule has 1 amide bonds. The Morgan fingerprint density at radius 3 is 2.75 bits per heavy atom. The number of nitrogens with zero attached hydrogens (tertiary/aromatic N) is 4. The molecule has 4 fully saturated rings. The summed E-state index contributed by atoms with van der Waals surface area (Å²) < 4.78 is 1.32. The van der Waals surface area contributed by atoms with Gasteiger partial charge in [0.2, 0.25) is 5.91 Å². The Bertz CT molecular complexity index is 936. The molecule has 4 aliphatic rings. The molecule has 0 spiro atoms. The molecule has 1 saturated carbocycles. The van der Waals surface area contributed by atoms with E-state index in [2.05, 4.69) is 10.00 Å². The minimum Gasteiger partial charge on any atom is -0.339 e. The minimum atomic E-state index is -0.184. The van der Waals surface area contributed by atoms with Gasteiger partial charge >= 0.3 is 0 Å². The Kier molecular flexibility index (Phi) is 4.67. The summed E-state index contributed by atoms with van der Waals surface area (Å²) in [5, 5.41) is 5.67. The van der Waals surface area contributed by atoms with Crippen molar-refractivity contribution in [3.63, 3.8) is 0 Å². The summed E-state index contributed by atoms with van der Waals surface area (Å²) in [6, 6.07) is 7.88. The van der Waals surface area contributed by atoms with Crippen molar-refractivity contribution in [1.82, 2.24) is 19.6 Å². The van der Waals surface area contributed by atoms with E-state index in [0.29, 0.717) is 17.3 Å². The normalized spacial score (nSPS) is 25.6. The summed E-state index contributed by atoms with van der Waals surface area (Å²) >= 11 is 0. The molecule has 3 aliphatic heterocycles. The highest BCUT2D eigenvalue weighted by Crippen LogP contribution is 2.33. The maximum absolute atomic E-state index is 13.0. The standard InChI is InChI=1S/C22H28N4O2/c27-21(15-26-22(28)20-7-2-1-6-18(20)10-23-26)25-13-17-8-9-19(14-25)24(12-17)11-16-4-3-5-16/h1-2,6-7,10,16-17,19H,3-5,8-9,11-15H2/t17-,19-/m1/s1. The third-order valence-corrected chi connectivity index (χ3v) is 6.94. The molecule has 6 heteroatoms. The third kappa shape index (κ3) is 3.34. The molecule has 1 aliphatic carbocycles. The molecule has 2 aromatic rings. The highest BCUT2D eigenvalue weighted by Gasteiger charge is 2.37. The summed E-state index contributed by atoms with van der Waals surface area (Å²) in [5.41, 5.74) is -0.184. The Morgan fingerprint density at radius 2 is 1.93 bits per heavy atom. The molecular formula is C22H28N4O2. The van der Waals surface area contributed by atoms with Crippen LogP contribution in [0.25, 0.3) is 10.8 Å². The van der Waals surface area contributed by atoms with Crippen molar-refractivity contribution in [3.05, 3.63) is 40.8 Å². The van der Waals surface area contributed by atoms with Crippen LogP contribution in [-0.4, -0.2) is 57.7 Å². The van der Waals surface area contributed by atoms with Crippen LogP contribution in [0.2, 0.25) is 0 Å². The first kappa shape index (κ1) is 17.9. The molecule has 28 heavy (non-hydrogen) atoms. The predicted octanol–water partition coefficient (Wildman–Crippen LogP) is 2.12. The van der Waals surface area contributed by atoms with Gasteiger partial charge in [-0.05, 0) is 43.6 Å². The van der Waals surface area contributed by atoms with E-state index >= 15 is 0 Å². The fourth-order valence-corrected chi connectivity index (χ4v) is 5.08. The molecule has 0 unspecified atom stereocenters. The topological polar surface area (TPSA) is 58.4 Å². The van der Waals surface area contributed by atoms with Gasteiger partial charge in [0.25, 0.3) is 5.56 Å². The molecule has 0 radical (unpaired) electrons. The van der Waals surface area contributed by atoms with Crippen molar-refractivity contribution in [2.45, 2.75) is 44.7 Å². The lowest BCUT2D eigenvalue weighted by Gasteiger charge is -2.40. The fourth-order valence-electron chi connectivity index (χ4n) is 5.08. The molecule has 2 bridgehead atoms. The molecule has 148 valence electrons. The summed E-state index contributed by atoms with van der Waals surface area (Å²) in [5.74, 6) is 1.44. The van der Waals surface area contributed by atoms with Gasteiger partial charge in [0.05, 0.1) is 11.6 Å². The van der Waals surface area contributed by atoms with Crippen LogP contribution in [0.3, 0.4) is 0 Å². The maximum Gasteiger partial charge on any atom is 0.275 e. The number of fused-ring (bicyclic) bond motifs is 5. The van der Waals surface area contributed by atoms with Crippen molar-refractivity contribution >= 4 is 16.7 Å². The zero-order chi connectivity index (χ0) is 19.1. The first-order chi connectivity index (χ1) is 13.7. The Balaban J connectivity index is 1.30. The van der Waals surface area contributed by atoms with Crippen LogP contribution >= 0.6 is 0 Å². The fraction of sp³-hybridized carbons (Fsp3) is 0.591. The van der Waals surface area contributed by atoms with Crippen LogP contribution in [0, 0.1) is 11.8 Å². The summed E-state index contributed by atoms with van der Waals surface area (Å²) in [6.07, 6.45) is 8.19. The van der Waals surface area contributed by atoms with E-state index in [1.165, 1.54) is 43.3 Å². The minimum absolute atomic E-state index is 0.0206. The molecule has 6 rings (SSSR count). The van der Waals surface area contributed by atoms with Gasteiger partial charge in [0.15, 0.2) is 0 Å². The van der Waals surface area contributed by atoms with E-state index in [0.717, 1.165) is 30.9 Å². The summed E-state index contributed by atoms with van der Waals surface area (Å²) in [6.45, 7) is 3.98. The number of rotatable bonds is 4. The number of amides is 1.